The number of benzene rings is 2. The van der Waals surface area contributed by atoms with Gasteiger partial charge in [-0.15, -0.1) is 11.8 Å². The van der Waals surface area contributed by atoms with Crippen molar-refractivity contribution in [3.8, 4) is 11.5 Å². The Kier molecular flexibility index (Phi) is 4.27. The van der Waals surface area contributed by atoms with Crippen molar-refractivity contribution in [2.24, 2.45) is 0 Å². The van der Waals surface area contributed by atoms with Gasteiger partial charge in [-0.25, -0.2) is 8.78 Å². The van der Waals surface area contributed by atoms with Gasteiger partial charge in [-0.05, 0) is 36.1 Å². The fourth-order valence-electron chi connectivity index (χ4n) is 1.54. The summed E-state index contributed by atoms with van der Waals surface area (Å²) in [6.07, 6.45) is 0. The normalized spacial score (nSPS) is 10.5. The average Bonchev–Trinajstić information content (AvgIpc) is 2.37. The maximum Gasteiger partial charge on any atom is 0.168 e. The first kappa shape index (κ1) is 13.7. The predicted molar refractivity (Wildman–Crippen MR) is 73.7 cm³/mol. The van der Waals surface area contributed by atoms with Crippen LogP contribution >= 0.6 is 11.8 Å². The van der Waals surface area contributed by atoms with Crippen LogP contribution in [0, 0.1) is 11.6 Å². The van der Waals surface area contributed by atoms with E-state index in [2.05, 4.69) is 0 Å². The summed E-state index contributed by atoms with van der Waals surface area (Å²) in [5.41, 5.74) is 6.19. The molecule has 0 radical (unpaired) electrons. The molecule has 2 nitrogen and oxygen atoms in total. The van der Waals surface area contributed by atoms with Crippen molar-refractivity contribution < 1.29 is 13.5 Å². The van der Waals surface area contributed by atoms with Gasteiger partial charge in [0.15, 0.2) is 17.3 Å². The van der Waals surface area contributed by atoms with Crippen LogP contribution in [0.1, 0.15) is 6.92 Å². The number of rotatable bonds is 4. The van der Waals surface area contributed by atoms with Crippen molar-refractivity contribution in [1.29, 1.82) is 0 Å². The molecular weight excluding hydrogens is 268 g/mol. The molecule has 0 amide bonds. The van der Waals surface area contributed by atoms with Crippen LogP contribution in [0.3, 0.4) is 0 Å². The van der Waals surface area contributed by atoms with Crippen LogP contribution in [0.25, 0.3) is 0 Å². The standard InChI is InChI=1S/C14H13F2NOS/c1-2-19-10-4-5-12(17)14(8-10)18-13-6-3-9(15)7-11(13)16/h3-8H,2,17H2,1H3. The van der Waals surface area contributed by atoms with Gasteiger partial charge >= 0.3 is 0 Å². The van der Waals surface area contributed by atoms with E-state index in [1.54, 1.807) is 23.9 Å². The Labute approximate surface area is 114 Å². The van der Waals surface area contributed by atoms with E-state index in [9.17, 15) is 8.78 Å². The first-order valence-electron chi connectivity index (χ1n) is 5.75. The number of thioether (sulfide) groups is 1. The quantitative estimate of drug-likeness (QED) is 0.664. The van der Waals surface area contributed by atoms with Gasteiger partial charge in [-0.3, -0.25) is 0 Å². The van der Waals surface area contributed by atoms with Crippen molar-refractivity contribution >= 4 is 17.4 Å². The van der Waals surface area contributed by atoms with Gasteiger partial charge in [0.05, 0.1) is 5.69 Å². The van der Waals surface area contributed by atoms with E-state index in [0.717, 1.165) is 22.8 Å². The maximum atomic E-state index is 13.5. The lowest BCUT2D eigenvalue weighted by Crippen LogP contribution is -1.94. The molecule has 2 aromatic carbocycles. The monoisotopic (exact) mass is 281 g/mol. The fraction of sp³-hybridized carbons (Fsp3) is 0.143. The lowest BCUT2D eigenvalue weighted by Gasteiger charge is -2.10. The fourth-order valence-corrected chi connectivity index (χ4v) is 2.22. The molecule has 0 saturated heterocycles. The SMILES string of the molecule is CCSc1ccc(N)c(Oc2ccc(F)cc2F)c1. The minimum atomic E-state index is -0.757. The van der Waals surface area contributed by atoms with E-state index in [1.807, 2.05) is 13.0 Å². The van der Waals surface area contributed by atoms with Crippen molar-refractivity contribution in [3.05, 3.63) is 48.0 Å². The highest BCUT2D eigenvalue weighted by Crippen LogP contribution is 2.33. The first-order valence-corrected chi connectivity index (χ1v) is 6.74. The molecule has 0 aliphatic rings. The highest BCUT2D eigenvalue weighted by molar-refractivity contribution is 7.99. The molecule has 0 bridgehead atoms. The first-order chi connectivity index (χ1) is 9.10. The molecule has 0 heterocycles. The maximum absolute atomic E-state index is 13.5. The Bertz CT molecular complexity index is 590. The van der Waals surface area contributed by atoms with Crippen LogP contribution < -0.4 is 10.5 Å². The summed E-state index contributed by atoms with van der Waals surface area (Å²) in [6, 6.07) is 8.47. The number of nitrogens with two attached hydrogens (primary N) is 1. The second kappa shape index (κ2) is 5.93. The van der Waals surface area contributed by atoms with Gasteiger partial charge in [0, 0.05) is 11.0 Å². The summed E-state index contributed by atoms with van der Waals surface area (Å²) in [4.78, 5) is 0.981. The topological polar surface area (TPSA) is 35.2 Å². The van der Waals surface area contributed by atoms with E-state index >= 15 is 0 Å². The zero-order chi connectivity index (χ0) is 13.8. The summed E-state index contributed by atoms with van der Waals surface area (Å²) >= 11 is 1.63. The summed E-state index contributed by atoms with van der Waals surface area (Å²) in [7, 11) is 0. The second-order valence-electron chi connectivity index (χ2n) is 3.81. The van der Waals surface area contributed by atoms with E-state index < -0.39 is 11.6 Å². The molecule has 0 aromatic heterocycles. The molecular formula is C14H13F2NOS. The molecule has 0 spiro atoms. The van der Waals surface area contributed by atoms with Crippen LogP contribution in [0.2, 0.25) is 0 Å². The summed E-state index contributed by atoms with van der Waals surface area (Å²) in [5.74, 6) is -0.175. The largest absolute Gasteiger partial charge is 0.452 e. The van der Waals surface area contributed by atoms with Crippen LogP contribution in [0.5, 0.6) is 11.5 Å². The molecule has 0 fully saturated rings. The summed E-state index contributed by atoms with van der Waals surface area (Å²) in [6.45, 7) is 2.03. The molecule has 0 unspecified atom stereocenters. The van der Waals surface area contributed by atoms with Crippen LogP contribution in [-0.4, -0.2) is 5.75 Å². The second-order valence-corrected chi connectivity index (χ2v) is 5.15. The van der Waals surface area contributed by atoms with Crippen molar-refractivity contribution in [1.82, 2.24) is 0 Å². The third kappa shape index (κ3) is 3.38. The number of anilines is 1. The zero-order valence-electron chi connectivity index (χ0n) is 10.3. The number of hydrogen-bond donors (Lipinski definition) is 1. The molecule has 0 aliphatic carbocycles. The summed E-state index contributed by atoms with van der Waals surface area (Å²) < 4.78 is 31.7. The van der Waals surface area contributed by atoms with Crippen molar-refractivity contribution in [2.75, 3.05) is 11.5 Å². The van der Waals surface area contributed by atoms with Crippen LogP contribution in [-0.2, 0) is 0 Å². The molecule has 0 saturated carbocycles. The molecule has 0 aliphatic heterocycles. The van der Waals surface area contributed by atoms with E-state index in [1.165, 1.54) is 6.07 Å². The number of nitrogen functional groups attached to an aromatic ring is 1. The highest BCUT2D eigenvalue weighted by atomic mass is 32.2. The van der Waals surface area contributed by atoms with Gasteiger partial charge < -0.3 is 10.5 Å². The van der Waals surface area contributed by atoms with Crippen molar-refractivity contribution in [2.45, 2.75) is 11.8 Å². The van der Waals surface area contributed by atoms with E-state index in [-0.39, 0.29) is 5.75 Å². The van der Waals surface area contributed by atoms with E-state index in [0.29, 0.717) is 11.4 Å². The third-order valence-electron chi connectivity index (χ3n) is 2.41. The van der Waals surface area contributed by atoms with Gasteiger partial charge in [-0.1, -0.05) is 6.92 Å². The minimum Gasteiger partial charge on any atom is -0.452 e. The number of hydrogen-bond acceptors (Lipinski definition) is 3. The predicted octanol–water partition coefficient (Wildman–Crippen LogP) is 4.45. The Morgan fingerprint density at radius 3 is 2.58 bits per heavy atom. The lowest BCUT2D eigenvalue weighted by atomic mass is 10.3. The molecule has 2 rings (SSSR count). The van der Waals surface area contributed by atoms with Gasteiger partial charge in [0.1, 0.15) is 5.82 Å². The molecule has 2 N–H and O–H groups in total. The smallest absolute Gasteiger partial charge is 0.168 e. The van der Waals surface area contributed by atoms with Crippen LogP contribution in [0.4, 0.5) is 14.5 Å². The lowest BCUT2D eigenvalue weighted by molar-refractivity contribution is 0.438. The Morgan fingerprint density at radius 2 is 1.89 bits per heavy atom. The minimum absolute atomic E-state index is 0.0493. The Balaban J connectivity index is 2.29. The Morgan fingerprint density at radius 1 is 1.11 bits per heavy atom. The highest BCUT2D eigenvalue weighted by Gasteiger charge is 2.09. The van der Waals surface area contributed by atoms with Gasteiger partial charge in [0.25, 0.3) is 0 Å². The van der Waals surface area contributed by atoms with Gasteiger partial charge in [-0.2, -0.15) is 0 Å². The molecule has 0 atom stereocenters. The average molecular weight is 281 g/mol. The molecule has 19 heavy (non-hydrogen) atoms. The third-order valence-corrected chi connectivity index (χ3v) is 3.29. The Hall–Kier alpha value is -1.75. The van der Waals surface area contributed by atoms with Gasteiger partial charge in [0.2, 0.25) is 0 Å². The van der Waals surface area contributed by atoms with Crippen molar-refractivity contribution in [3.63, 3.8) is 0 Å². The van der Waals surface area contributed by atoms with E-state index in [4.69, 9.17) is 10.5 Å². The molecule has 100 valence electrons. The molecule has 2 aromatic rings. The number of halogens is 2. The molecule has 5 heteroatoms. The van der Waals surface area contributed by atoms with Crippen LogP contribution in [0.15, 0.2) is 41.3 Å². The number of ether oxygens (including phenoxy) is 1. The zero-order valence-corrected chi connectivity index (χ0v) is 11.1. The summed E-state index contributed by atoms with van der Waals surface area (Å²) in [5, 5.41) is 0.